The van der Waals surface area contributed by atoms with Gasteiger partial charge in [0.05, 0.1) is 10.5 Å². The van der Waals surface area contributed by atoms with Gasteiger partial charge >= 0.3 is 11.9 Å². The number of halogens is 3. The van der Waals surface area contributed by atoms with Gasteiger partial charge in [0.2, 0.25) is 0 Å². The lowest BCUT2D eigenvalue weighted by atomic mass is 10.1. The van der Waals surface area contributed by atoms with Crippen molar-refractivity contribution in [3.63, 3.8) is 0 Å². The van der Waals surface area contributed by atoms with E-state index in [0.717, 1.165) is 23.9 Å². The molecule has 0 saturated heterocycles. The maximum atomic E-state index is 13.0. The first kappa shape index (κ1) is 17.7. The molecule has 2 aromatic carbocycles. The molecule has 8 heteroatoms. The molecular weight excluding hydrogens is 347 g/mol. The summed E-state index contributed by atoms with van der Waals surface area (Å²) < 4.78 is 40.3. The molecule has 0 radical (unpaired) electrons. The predicted molar refractivity (Wildman–Crippen MR) is 89.5 cm³/mol. The molecular formula is C18H14F3N3O2. The lowest BCUT2D eigenvalue weighted by Gasteiger charge is -2.10. The molecule has 0 bridgehead atoms. The van der Waals surface area contributed by atoms with Crippen molar-refractivity contribution in [3.05, 3.63) is 82.0 Å². The number of nitrogens with zero attached hydrogens (tertiary/aromatic N) is 3. The van der Waals surface area contributed by atoms with Gasteiger partial charge in [-0.05, 0) is 24.1 Å². The zero-order valence-electron chi connectivity index (χ0n) is 13.5. The molecule has 1 aromatic heterocycles. The van der Waals surface area contributed by atoms with Crippen LogP contribution in [0.4, 0.5) is 18.9 Å². The lowest BCUT2D eigenvalue weighted by Crippen LogP contribution is -2.08. The van der Waals surface area contributed by atoms with Crippen LogP contribution in [0.2, 0.25) is 0 Å². The number of aryl methyl sites for hydroxylation is 2. The van der Waals surface area contributed by atoms with Gasteiger partial charge < -0.3 is 0 Å². The van der Waals surface area contributed by atoms with E-state index in [1.807, 2.05) is 30.3 Å². The third-order valence-corrected chi connectivity index (χ3v) is 3.94. The minimum Gasteiger partial charge on any atom is -0.258 e. The second-order valence-corrected chi connectivity index (χ2v) is 5.67. The van der Waals surface area contributed by atoms with Crippen molar-refractivity contribution in [2.75, 3.05) is 0 Å². The van der Waals surface area contributed by atoms with Crippen LogP contribution in [0.1, 0.15) is 11.1 Å². The highest BCUT2D eigenvalue weighted by Gasteiger charge is 2.31. The normalized spacial score (nSPS) is 11.5. The fourth-order valence-electron chi connectivity index (χ4n) is 2.70. The molecule has 3 rings (SSSR count). The maximum Gasteiger partial charge on any atom is 0.416 e. The quantitative estimate of drug-likeness (QED) is 0.488. The summed E-state index contributed by atoms with van der Waals surface area (Å²) in [6.07, 6.45) is -2.91. The standard InChI is InChI=1S/C18H14F3N3O2/c19-18(20,21)15-8-4-7-14(11-15)17-16(24(25)26)12-22-23(17)10-9-13-5-2-1-3-6-13/h1-8,11-12H,9-10H2. The summed E-state index contributed by atoms with van der Waals surface area (Å²) >= 11 is 0. The van der Waals surface area contributed by atoms with Crippen LogP contribution in [0.25, 0.3) is 11.3 Å². The Morgan fingerprint density at radius 3 is 2.46 bits per heavy atom. The van der Waals surface area contributed by atoms with E-state index in [0.29, 0.717) is 13.0 Å². The van der Waals surface area contributed by atoms with Crippen molar-refractivity contribution >= 4 is 5.69 Å². The molecule has 1 heterocycles. The van der Waals surface area contributed by atoms with Crippen LogP contribution >= 0.6 is 0 Å². The summed E-state index contributed by atoms with van der Waals surface area (Å²) in [5.41, 5.74) is -0.00717. The number of hydrogen-bond donors (Lipinski definition) is 0. The highest BCUT2D eigenvalue weighted by molar-refractivity contribution is 5.70. The van der Waals surface area contributed by atoms with E-state index in [4.69, 9.17) is 0 Å². The molecule has 134 valence electrons. The fourth-order valence-corrected chi connectivity index (χ4v) is 2.70. The molecule has 0 atom stereocenters. The van der Waals surface area contributed by atoms with Gasteiger partial charge in [0.25, 0.3) is 0 Å². The summed E-state index contributed by atoms with van der Waals surface area (Å²) in [6, 6.07) is 13.9. The Kier molecular flexibility index (Phi) is 4.75. The number of benzene rings is 2. The average molecular weight is 361 g/mol. The smallest absolute Gasteiger partial charge is 0.258 e. The van der Waals surface area contributed by atoms with Crippen molar-refractivity contribution in [1.29, 1.82) is 0 Å². The molecule has 0 aliphatic heterocycles. The SMILES string of the molecule is O=[N+]([O-])c1cnn(CCc2ccccc2)c1-c1cccc(C(F)(F)F)c1. The van der Waals surface area contributed by atoms with Crippen LogP contribution in [0.15, 0.2) is 60.8 Å². The van der Waals surface area contributed by atoms with Gasteiger partial charge in [-0.15, -0.1) is 0 Å². The van der Waals surface area contributed by atoms with Crippen molar-refractivity contribution in [2.24, 2.45) is 0 Å². The highest BCUT2D eigenvalue weighted by atomic mass is 19.4. The zero-order valence-corrected chi connectivity index (χ0v) is 13.5. The van der Waals surface area contributed by atoms with Crippen LogP contribution in [0.3, 0.4) is 0 Å². The molecule has 0 aliphatic rings. The van der Waals surface area contributed by atoms with Crippen LogP contribution in [-0.4, -0.2) is 14.7 Å². The maximum absolute atomic E-state index is 13.0. The van der Waals surface area contributed by atoms with Crippen molar-refractivity contribution < 1.29 is 18.1 Å². The molecule has 0 N–H and O–H groups in total. The molecule has 0 aliphatic carbocycles. The number of alkyl halides is 3. The molecule has 0 unspecified atom stereocenters. The van der Waals surface area contributed by atoms with E-state index in [1.165, 1.54) is 16.8 Å². The average Bonchev–Trinajstić information content (AvgIpc) is 3.04. The first-order chi connectivity index (χ1) is 12.4. The van der Waals surface area contributed by atoms with E-state index in [9.17, 15) is 23.3 Å². The fraction of sp³-hybridized carbons (Fsp3) is 0.167. The highest BCUT2D eigenvalue weighted by Crippen LogP contribution is 2.35. The van der Waals surface area contributed by atoms with Crippen molar-refractivity contribution in [1.82, 2.24) is 9.78 Å². The molecule has 5 nitrogen and oxygen atoms in total. The van der Waals surface area contributed by atoms with Gasteiger partial charge in [0.15, 0.2) is 0 Å². The number of nitro groups is 1. The summed E-state index contributed by atoms with van der Waals surface area (Å²) in [5.74, 6) is 0. The number of hydrogen-bond acceptors (Lipinski definition) is 3. The monoisotopic (exact) mass is 361 g/mol. The Morgan fingerprint density at radius 1 is 1.08 bits per heavy atom. The topological polar surface area (TPSA) is 61.0 Å². The van der Waals surface area contributed by atoms with E-state index in [-0.39, 0.29) is 16.9 Å². The Labute approximate surface area is 146 Å². The molecule has 0 saturated carbocycles. The molecule has 0 spiro atoms. The van der Waals surface area contributed by atoms with Crippen LogP contribution in [0, 0.1) is 10.1 Å². The number of aromatic nitrogens is 2. The molecule has 0 fully saturated rings. The van der Waals surface area contributed by atoms with Crippen LogP contribution < -0.4 is 0 Å². The summed E-state index contributed by atoms with van der Waals surface area (Å²) in [6.45, 7) is 0.309. The Bertz CT molecular complexity index is 921. The van der Waals surface area contributed by atoms with Crippen LogP contribution in [0.5, 0.6) is 0 Å². The van der Waals surface area contributed by atoms with E-state index in [1.54, 1.807) is 0 Å². The first-order valence-electron chi connectivity index (χ1n) is 7.78. The summed E-state index contributed by atoms with van der Waals surface area (Å²) in [7, 11) is 0. The molecule has 0 amide bonds. The summed E-state index contributed by atoms with van der Waals surface area (Å²) in [4.78, 5) is 10.7. The van der Waals surface area contributed by atoms with Crippen molar-refractivity contribution in [2.45, 2.75) is 19.1 Å². The molecule has 26 heavy (non-hydrogen) atoms. The minimum atomic E-state index is -4.53. The second kappa shape index (κ2) is 6.99. The van der Waals surface area contributed by atoms with Gasteiger partial charge in [-0.3, -0.25) is 14.8 Å². The van der Waals surface area contributed by atoms with Gasteiger partial charge in [-0.1, -0.05) is 42.5 Å². The third kappa shape index (κ3) is 3.74. The number of rotatable bonds is 5. The van der Waals surface area contributed by atoms with Gasteiger partial charge in [-0.2, -0.15) is 18.3 Å². The van der Waals surface area contributed by atoms with E-state index in [2.05, 4.69) is 5.10 Å². The van der Waals surface area contributed by atoms with Gasteiger partial charge in [0.1, 0.15) is 11.9 Å². The Morgan fingerprint density at radius 2 is 1.81 bits per heavy atom. The van der Waals surface area contributed by atoms with Crippen molar-refractivity contribution in [3.8, 4) is 11.3 Å². The minimum absolute atomic E-state index is 0.0667. The van der Waals surface area contributed by atoms with E-state index >= 15 is 0 Å². The lowest BCUT2D eigenvalue weighted by molar-refractivity contribution is -0.384. The predicted octanol–water partition coefficient (Wildman–Crippen LogP) is 4.72. The third-order valence-electron chi connectivity index (χ3n) is 3.94. The van der Waals surface area contributed by atoms with Gasteiger partial charge in [-0.25, -0.2) is 0 Å². The zero-order chi connectivity index (χ0) is 18.7. The first-order valence-corrected chi connectivity index (χ1v) is 7.78. The molecule has 3 aromatic rings. The second-order valence-electron chi connectivity index (χ2n) is 5.67. The van der Waals surface area contributed by atoms with Crippen LogP contribution in [-0.2, 0) is 19.1 Å². The van der Waals surface area contributed by atoms with Gasteiger partial charge in [0, 0.05) is 12.1 Å². The Hall–Kier alpha value is -3.16. The Balaban J connectivity index is 2.00. The largest absolute Gasteiger partial charge is 0.416 e. The van der Waals surface area contributed by atoms with E-state index < -0.39 is 16.7 Å². The summed E-state index contributed by atoms with van der Waals surface area (Å²) in [5, 5.41) is 15.3.